The van der Waals surface area contributed by atoms with E-state index in [1.807, 2.05) is 16.8 Å². The third-order valence-electron chi connectivity index (χ3n) is 5.14. The molecular weight excluding hydrogens is 342 g/mol. The highest BCUT2D eigenvalue weighted by Gasteiger charge is 2.24. The number of fused-ring (bicyclic) bond motifs is 2. The second kappa shape index (κ2) is 6.30. The molecular formula is C20H19N5S. The number of nitrogens with zero attached hydrogens (tertiary/aromatic N) is 5. The Labute approximate surface area is 155 Å². The molecule has 6 heteroatoms. The molecule has 4 heterocycles. The van der Waals surface area contributed by atoms with Crippen molar-refractivity contribution < 1.29 is 0 Å². The number of rotatable bonds is 3. The van der Waals surface area contributed by atoms with Gasteiger partial charge in [0.25, 0.3) is 0 Å². The van der Waals surface area contributed by atoms with Crippen LogP contribution in [0.1, 0.15) is 24.4 Å². The van der Waals surface area contributed by atoms with Crippen molar-refractivity contribution in [2.45, 2.75) is 26.1 Å². The van der Waals surface area contributed by atoms with Crippen molar-refractivity contribution in [1.29, 1.82) is 0 Å². The molecule has 5 rings (SSSR count). The second-order valence-electron chi connectivity index (χ2n) is 6.67. The monoisotopic (exact) mass is 361 g/mol. The summed E-state index contributed by atoms with van der Waals surface area (Å²) < 4.78 is 3.39. The van der Waals surface area contributed by atoms with Gasteiger partial charge in [-0.15, -0.1) is 11.3 Å². The average molecular weight is 361 g/mol. The molecule has 4 aromatic rings. The van der Waals surface area contributed by atoms with Gasteiger partial charge in [0.05, 0.1) is 13.1 Å². The standard InChI is InChI=1S/C20H19N5S/c1-14(16-2-3-18-17(12-16)6-11-26-18)24-9-10-25-19(13-24)22-20(23-25)15-4-7-21-8-5-15/h2-8,11-12,14H,9-10,13H2,1H3. The van der Waals surface area contributed by atoms with E-state index in [0.717, 1.165) is 36.8 Å². The maximum absolute atomic E-state index is 4.77. The minimum absolute atomic E-state index is 0.356. The van der Waals surface area contributed by atoms with Crippen LogP contribution in [0.3, 0.4) is 0 Å². The van der Waals surface area contributed by atoms with Crippen LogP contribution in [0.4, 0.5) is 0 Å². The number of hydrogen-bond donors (Lipinski definition) is 0. The van der Waals surface area contributed by atoms with Crippen molar-refractivity contribution in [3.8, 4) is 11.4 Å². The molecule has 0 saturated carbocycles. The molecule has 1 aliphatic heterocycles. The summed E-state index contributed by atoms with van der Waals surface area (Å²) in [4.78, 5) is 11.3. The number of aromatic nitrogens is 4. The van der Waals surface area contributed by atoms with Crippen LogP contribution in [-0.4, -0.2) is 31.2 Å². The Morgan fingerprint density at radius 3 is 2.85 bits per heavy atom. The van der Waals surface area contributed by atoms with Gasteiger partial charge in [-0.3, -0.25) is 9.88 Å². The summed E-state index contributed by atoms with van der Waals surface area (Å²) in [6.45, 7) is 4.96. The van der Waals surface area contributed by atoms with Gasteiger partial charge in [0, 0.05) is 35.2 Å². The first kappa shape index (κ1) is 15.7. The van der Waals surface area contributed by atoms with Gasteiger partial charge in [-0.2, -0.15) is 5.10 Å². The normalized spacial score (nSPS) is 15.9. The molecule has 0 fully saturated rings. The highest BCUT2D eigenvalue weighted by molar-refractivity contribution is 7.17. The van der Waals surface area contributed by atoms with Crippen molar-refractivity contribution in [3.05, 3.63) is 65.6 Å². The molecule has 130 valence electrons. The van der Waals surface area contributed by atoms with E-state index in [1.54, 1.807) is 23.7 Å². The zero-order chi connectivity index (χ0) is 17.5. The highest BCUT2D eigenvalue weighted by Crippen LogP contribution is 2.29. The van der Waals surface area contributed by atoms with E-state index >= 15 is 0 Å². The summed E-state index contributed by atoms with van der Waals surface area (Å²) in [7, 11) is 0. The van der Waals surface area contributed by atoms with Crippen molar-refractivity contribution in [2.24, 2.45) is 0 Å². The van der Waals surface area contributed by atoms with Crippen molar-refractivity contribution in [2.75, 3.05) is 6.54 Å². The van der Waals surface area contributed by atoms with E-state index in [-0.39, 0.29) is 0 Å². The molecule has 1 aromatic carbocycles. The molecule has 3 aromatic heterocycles. The Balaban J connectivity index is 1.40. The van der Waals surface area contributed by atoms with Crippen LogP contribution in [-0.2, 0) is 13.1 Å². The molecule has 0 aliphatic carbocycles. The Kier molecular flexibility index (Phi) is 3.80. The molecule has 0 radical (unpaired) electrons. The van der Waals surface area contributed by atoms with E-state index in [2.05, 4.69) is 51.6 Å². The molecule has 0 N–H and O–H groups in total. The van der Waals surface area contributed by atoms with Crippen LogP contribution in [0, 0.1) is 0 Å². The van der Waals surface area contributed by atoms with E-state index < -0.39 is 0 Å². The summed E-state index contributed by atoms with van der Waals surface area (Å²) >= 11 is 1.80. The molecule has 0 bridgehead atoms. The molecule has 1 unspecified atom stereocenters. The second-order valence-corrected chi connectivity index (χ2v) is 7.62. The highest BCUT2D eigenvalue weighted by atomic mass is 32.1. The van der Waals surface area contributed by atoms with Crippen LogP contribution >= 0.6 is 11.3 Å². The quantitative estimate of drug-likeness (QED) is 0.550. The number of benzene rings is 1. The zero-order valence-electron chi connectivity index (χ0n) is 14.5. The Morgan fingerprint density at radius 1 is 1.08 bits per heavy atom. The van der Waals surface area contributed by atoms with Gasteiger partial charge in [0.1, 0.15) is 5.82 Å². The maximum atomic E-state index is 4.77. The SMILES string of the molecule is CC(c1ccc2sccc2c1)N1CCn2nc(-c3ccncc3)nc2C1. The Hall–Kier alpha value is -2.57. The molecule has 26 heavy (non-hydrogen) atoms. The number of pyridine rings is 1. The number of hydrogen-bond acceptors (Lipinski definition) is 5. The minimum Gasteiger partial charge on any atom is -0.287 e. The first-order valence-corrected chi connectivity index (χ1v) is 9.71. The lowest BCUT2D eigenvalue weighted by molar-refractivity contribution is 0.158. The lowest BCUT2D eigenvalue weighted by Gasteiger charge is -2.32. The van der Waals surface area contributed by atoms with Gasteiger partial charge in [-0.25, -0.2) is 9.67 Å². The summed E-state index contributed by atoms with van der Waals surface area (Å²) in [5.41, 5.74) is 2.38. The number of thiophene rings is 1. The van der Waals surface area contributed by atoms with Gasteiger partial charge < -0.3 is 0 Å². The Bertz CT molecular complexity index is 1050. The van der Waals surface area contributed by atoms with E-state index in [9.17, 15) is 0 Å². The average Bonchev–Trinajstić information content (AvgIpc) is 3.33. The molecule has 1 atom stereocenters. The third kappa shape index (κ3) is 2.71. The van der Waals surface area contributed by atoms with Crippen LogP contribution in [0.2, 0.25) is 0 Å². The Morgan fingerprint density at radius 2 is 1.96 bits per heavy atom. The van der Waals surface area contributed by atoms with Crippen LogP contribution in [0.25, 0.3) is 21.5 Å². The lowest BCUT2D eigenvalue weighted by Crippen LogP contribution is -2.36. The van der Waals surface area contributed by atoms with Gasteiger partial charge >= 0.3 is 0 Å². The van der Waals surface area contributed by atoms with Gasteiger partial charge in [-0.05, 0) is 53.6 Å². The van der Waals surface area contributed by atoms with E-state index in [0.29, 0.717) is 6.04 Å². The zero-order valence-corrected chi connectivity index (χ0v) is 15.4. The molecule has 0 amide bonds. The van der Waals surface area contributed by atoms with E-state index in [1.165, 1.54) is 15.6 Å². The summed E-state index contributed by atoms with van der Waals surface area (Å²) in [6.07, 6.45) is 3.56. The maximum Gasteiger partial charge on any atom is 0.181 e. The predicted molar refractivity (Wildman–Crippen MR) is 104 cm³/mol. The largest absolute Gasteiger partial charge is 0.287 e. The predicted octanol–water partition coefficient (Wildman–Crippen LogP) is 4.13. The summed E-state index contributed by atoms with van der Waals surface area (Å²) in [6, 6.07) is 13.3. The van der Waals surface area contributed by atoms with Gasteiger partial charge in [0.2, 0.25) is 0 Å². The fraction of sp³-hybridized carbons (Fsp3) is 0.250. The molecule has 0 saturated heterocycles. The van der Waals surface area contributed by atoms with Crippen molar-refractivity contribution >= 4 is 21.4 Å². The van der Waals surface area contributed by atoms with Crippen LogP contribution in [0.15, 0.2) is 54.2 Å². The van der Waals surface area contributed by atoms with Crippen LogP contribution in [0.5, 0.6) is 0 Å². The first-order chi connectivity index (χ1) is 12.8. The summed E-state index contributed by atoms with van der Waals surface area (Å²) in [5.74, 6) is 1.82. The molecule has 1 aliphatic rings. The minimum atomic E-state index is 0.356. The topological polar surface area (TPSA) is 46.8 Å². The van der Waals surface area contributed by atoms with Crippen LogP contribution < -0.4 is 0 Å². The first-order valence-electron chi connectivity index (χ1n) is 8.83. The van der Waals surface area contributed by atoms with Gasteiger partial charge in [-0.1, -0.05) is 6.07 Å². The van der Waals surface area contributed by atoms with Gasteiger partial charge in [0.15, 0.2) is 5.82 Å². The molecule has 0 spiro atoms. The fourth-order valence-electron chi connectivity index (χ4n) is 3.56. The van der Waals surface area contributed by atoms with Crippen molar-refractivity contribution in [1.82, 2.24) is 24.6 Å². The lowest BCUT2D eigenvalue weighted by atomic mass is 10.0. The molecule has 5 nitrogen and oxygen atoms in total. The summed E-state index contributed by atoms with van der Waals surface area (Å²) in [5, 5.41) is 8.16. The third-order valence-corrected chi connectivity index (χ3v) is 6.03. The fourth-order valence-corrected chi connectivity index (χ4v) is 4.33. The smallest absolute Gasteiger partial charge is 0.181 e. The van der Waals surface area contributed by atoms with Crippen molar-refractivity contribution in [3.63, 3.8) is 0 Å². The van der Waals surface area contributed by atoms with E-state index in [4.69, 9.17) is 4.98 Å².